The van der Waals surface area contributed by atoms with Gasteiger partial charge in [0.25, 0.3) is 0 Å². The summed E-state index contributed by atoms with van der Waals surface area (Å²) in [5, 5.41) is 0. The summed E-state index contributed by atoms with van der Waals surface area (Å²) in [5.41, 5.74) is 0. The van der Waals surface area contributed by atoms with Crippen LogP contribution < -0.4 is 0 Å². The van der Waals surface area contributed by atoms with Crippen LogP contribution in [-0.2, 0) is 19.1 Å². The molecule has 0 aliphatic rings. The first-order valence-electron chi connectivity index (χ1n) is 4.73. The molecular formula is C12H18O4. The van der Waals surface area contributed by atoms with Gasteiger partial charge in [0.05, 0.1) is 12.8 Å². The van der Waals surface area contributed by atoms with Crippen molar-refractivity contribution < 1.29 is 19.1 Å². The van der Waals surface area contributed by atoms with Crippen LogP contribution in [0.3, 0.4) is 0 Å². The molecule has 0 heterocycles. The van der Waals surface area contributed by atoms with E-state index in [1.807, 2.05) is 0 Å². The summed E-state index contributed by atoms with van der Waals surface area (Å²) in [6.07, 6.45) is 3.24. The van der Waals surface area contributed by atoms with E-state index in [-0.39, 0.29) is 38.0 Å². The molecule has 4 heteroatoms. The first kappa shape index (κ1) is 16.6. The van der Waals surface area contributed by atoms with Crippen LogP contribution in [0.1, 0.15) is 12.8 Å². The van der Waals surface area contributed by atoms with Gasteiger partial charge in [-0.3, -0.25) is 9.59 Å². The zero-order chi connectivity index (χ0) is 12.8. The van der Waals surface area contributed by atoms with Crippen molar-refractivity contribution in [3.05, 3.63) is 38.5 Å². The van der Waals surface area contributed by atoms with Gasteiger partial charge in [-0.2, -0.15) is 0 Å². The van der Waals surface area contributed by atoms with Crippen LogP contribution in [0.2, 0.25) is 0 Å². The standard InChI is InChI=1S/C10H14O4.C2H4/c1-3-5-9(11)13-7-8-14-10(12)6-4-2;1-2/h3-4H,1-2,5-8H2;1-2H2. The van der Waals surface area contributed by atoms with Crippen molar-refractivity contribution in [3.8, 4) is 0 Å². The molecule has 16 heavy (non-hydrogen) atoms. The van der Waals surface area contributed by atoms with Crippen LogP contribution in [0.5, 0.6) is 0 Å². The summed E-state index contributed by atoms with van der Waals surface area (Å²) >= 11 is 0. The average Bonchev–Trinajstić information content (AvgIpc) is 2.28. The molecule has 0 aliphatic carbocycles. The maximum absolute atomic E-state index is 10.8. The molecule has 0 bridgehead atoms. The van der Waals surface area contributed by atoms with Crippen molar-refractivity contribution >= 4 is 11.9 Å². The van der Waals surface area contributed by atoms with Crippen molar-refractivity contribution in [2.75, 3.05) is 13.2 Å². The highest BCUT2D eigenvalue weighted by atomic mass is 16.6. The Hall–Kier alpha value is -1.84. The Bertz CT molecular complexity index is 209. The third-order valence-electron chi connectivity index (χ3n) is 1.23. The first-order valence-corrected chi connectivity index (χ1v) is 4.73. The summed E-state index contributed by atoms with van der Waals surface area (Å²) in [5.74, 6) is -0.750. The SMILES string of the molecule is C=C.C=CCC(=O)OCCOC(=O)CC=C. The number of carbonyl (C=O) groups is 2. The lowest BCUT2D eigenvalue weighted by atomic mass is 10.4. The molecule has 4 nitrogen and oxygen atoms in total. The van der Waals surface area contributed by atoms with Gasteiger partial charge in [-0.1, -0.05) is 12.2 Å². The third-order valence-corrected chi connectivity index (χ3v) is 1.23. The second-order valence-electron chi connectivity index (χ2n) is 2.43. The molecule has 0 atom stereocenters. The van der Waals surface area contributed by atoms with Gasteiger partial charge >= 0.3 is 11.9 Å². The Kier molecular flexibility index (Phi) is 13.6. The molecule has 0 rings (SSSR count). The number of hydrogen-bond acceptors (Lipinski definition) is 4. The molecule has 0 fully saturated rings. The summed E-state index contributed by atoms with van der Waals surface area (Å²) in [4.78, 5) is 21.5. The monoisotopic (exact) mass is 226 g/mol. The molecule has 0 N–H and O–H groups in total. The fourth-order valence-electron chi connectivity index (χ4n) is 0.665. The summed E-state index contributed by atoms with van der Waals surface area (Å²) < 4.78 is 9.40. The molecule has 90 valence electrons. The minimum atomic E-state index is -0.375. The lowest BCUT2D eigenvalue weighted by molar-refractivity contribution is -0.151. The van der Waals surface area contributed by atoms with Gasteiger partial charge in [0.15, 0.2) is 0 Å². The summed E-state index contributed by atoms with van der Waals surface area (Å²) in [7, 11) is 0. The third kappa shape index (κ3) is 12.2. The Morgan fingerprint density at radius 1 is 0.875 bits per heavy atom. The van der Waals surface area contributed by atoms with Gasteiger partial charge in [0.2, 0.25) is 0 Å². The maximum atomic E-state index is 10.8. The van der Waals surface area contributed by atoms with Crippen molar-refractivity contribution in [1.29, 1.82) is 0 Å². The van der Waals surface area contributed by atoms with E-state index in [2.05, 4.69) is 26.3 Å². The van der Waals surface area contributed by atoms with Crippen molar-refractivity contribution in [1.82, 2.24) is 0 Å². The van der Waals surface area contributed by atoms with Crippen LogP contribution in [0.15, 0.2) is 38.5 Å². The van der Waals surface area contributed by atoms with Crippen LogP contribution in [0.25, 0.3) is 0 Å². The van der Waals surface area contributed by atoms with Gasteiger partial charge < -0.3 is 9.47 Å². The number of hydrogen-bond donors (Lipinski definition) is 0. The van der Waals surface area contributed by atoms with E-state index in [4.69, 9.17) is 9.47 Å². The lowest BCUT2D eigenvalue weighted by Gasteiger charge is -2.03. The molecule has 0 radical (unpaired) electrons. The first-order chi connectivity index (χ1) is 7.70. The highest BCUT2D eigenvalue weighted by Gasteiger charge is 2.01. The van der Waals surface area contributed by atoms with E-state index in [0.29, 0.717) is 0 Å². The molecule has 0 spiro atoms. The topological polar surface area (TPSA) is 52.6 Å². The normalized spacial score (nSPS) is 8.00. The Morgan fingerprint density at radius 2 is 1.19 bits per heavy atom. The molecule has 0 saturated carbocycles. The van der Waals surface area contributed by atoms with Gasteiger partial charge in [0, 0.05) is 0 Å². The van der Waals surface area contributed by atoms with E-state index in [0.717, 1.165) is 0 Å². The van der Waals surface area contributed by atoms with Crippen LogP contribution in [0.4, 0.5) is 0 Å². The molecule has 0 aliphatic heterocycles. The van der Waals surface area contributed by atoms with Gasteiger partial charge in [-0.25, -0.2) is 0 Å². The van der Waals surface area contributed by atoms with E-state index in [9.17, 15) is 9.59 Å². The minimum Gasteiger partial charge on any atom is -0.462 e. The average molecular weight is 226 g/mol. The molecule has 0 aromatic heterocycles. The van der Waals surface area contributed by atoms with Crippen molar-refractivity contribution in [2.45, 2.75) is 12.8 Å². The van der Waals surface area contributed by atoms with Crippen LogP contribution >= 0.6 is 0 Å². The molecule has 0 unspecified atom stereocenters. The van der Waals surface area contributed by atoms with Crippen molar-refractivity contribution in [2.24, 2.45) is 0 Å². The summed E-state index contributed by atoms with van der Waals surface area (Å²) in [6.45, 7) is 12.9. The molecule has 0 amide bonds. The predicted molar refractivity (Wildman–Crippen MR) is 62.8 cm³/mol. The summed E-state index contributed by atoms with van der Waals surface area (Å²) in [6, 6.07) is 0. The van der Waals surface area contributed by atoms with Crippen LogP contribution in [0, 0.1) is 0 Å². The number of carbonyl (C=O) groups excluding carboxylic acids is 2. The minimum absolute atomic E-state index is 0.0789. The highest BCUT2D eigenvalue weighted by Crippen LogP contribution is 1.90. The van der Waals surface area contributed by atoms with Gasteiger partial charge in [0.1, 0.15) is 13.2 Å². The second kappa shape index (κ2) is 13.2. The Balaban J connectivity index is 0. The lowest BCUT2D eigenvalue weighted by Crippen LogP contribution is -2.12. The zero-order valence-electron chi connectivity index (χ0n) is 9.44. The number of rotatable bonds is 7. The Morgan fingerprint density at radius 3 is 1.44 bits per heavy atom. The van der Waals surface area contributed by atoms with E-state index < -0.39 is 0 Å². The maximum Gasteiger partial charge on any atom is 0.309 e. The molecule has 0 aromatic carbocycles. The molecule has 0 aromatic rings. The largest absolute Gasteiger partial charge is 0.462 e. The highest BCUT2D eigenvalue weighted by molar-refractivity contribution is 5.71. The zero-order valence-corrected chi connectivity index (χ0v) is 9.44. The quantitative estimate of drug-likeness (QED) is 0.378. The van der Waals surface area contributed by atoms with Crippen LogP contribution in [-0.4, -0.2) is 25.2 Å². The van der Waals surface area contributed by atoms with Gasteiger partial charge in [-0.15, -0.1) is 26.3 Å². The van der Waals surface area contributed by atoms with Gasteiger partial charge in [-0.05, 0) is 0 Å². The van der Waals surface area contributed by atoms with E-state index in [1.54, 1.807) is 0 Å². The fraction of sp³-hybridized carbons (Fsp3) is 0.333. The number of ether oxygens (including phenoxy) is 2. The van der Waals surface area contributed by atoms with Crippen molar-refractivity contribution in [3.63, 3.8) is 0 Å². The van der Waals surface area contributed by atoms with E-state index >= 15 is 0 Å². The van der Waals surface area contributed by atoms with E-state index in [1.165, 1.54) is 12.2 Å². The second-order valence-corrected chi connectivity index (χ2v) is 2.43. The fourth-order valence-corrected chi connectivity index (χ4v) is 0.665. The Labute approximate surface area is 96.2 Å². The molecule has 0 saturated heterocycles. The predicted octanol–water partition coefficient (Wildman–Crippen LogP) is 2.03. The number of esters is 2. The molecular weight excluding hydrogens is 208 g/mol. The smallest absolute Gasteiger partial charge is 0.309 e.